The van der Waals surface area contributed by atoms with E-state index in [9.17, 15) is 4.79 Å². The molecule has 0 bridgehead atoms. The lowest BCUT2D eigenvalue weighted by atomic mass is 9.59. The molecule has 0 aromatic carbocycles. The molecule has 4 aliphatic rings. The Morgan fingerprint density at radius 3 is 2.89 bits per heavy atom. The van der Waals surface area contributed by atoms with Crippen molar-refractivity contribution in [2.24, 2.45) is 29.6 Å². The summed E-state index contributed by atoms with van der Waals surface area (Å²) >= 11 is 0. The van der Waals surface area contributed by atoms with Crippen molar-refractivity contribution in [3.63, 3.8) is 0 Å². The van der Waals surface area contributed by atoms with Gasteiger partial charge < -0.3 is 4.74 Å². The molecule has 3 fully saturated rings. The van der Waals surface area contributed by atoms with Gasteiger partial charge in [0.25, 0.3) is 0 Å². The third kappa shape index (κ3) is 1.57. The maximum atomic E-state index is 11.4. The topological polar surface area (TPSA) is 26.3 Å². The van der Waals surface area contributed by atoms with Crippen molar-refractivity contribution < 1.29 is 9.53 Å². The van der Waals surface area contributed by atoms with E-state index in [2.05, 4.69) is 6.08 Å². The Morgan fingerprint density at radius 2 is 1.94 bits per heavy atom. The lowest BCUT2D eigenvalue weighted by Gasteiger charge is -2.47. The predicted molar refractivity (Wildman–Crippen MR) is 68.6 cm³/mol. The molecule has 0 amide bonds. The van der Waals surface area contributed by atoms with Crippen LogP contribution in [0.1, 0.15) is 51.4 Å². The number of carbonyl (C=O) groups is 1. The molecule has 1 heterocycles. The summed E-state index contributed by atoms with van der Waals surface area (Å²) in [6, 6.07) is 0. The Labute approximate surface area is 109 Å². The first-order chi connectivity index (χ1) is 8.83. The van der Waals surface area contributed by atoms with E-state index >= 15 is 0 Å². The molecule has 1 aliphatic heterocycles. The van der Waals surface area contributed by atoms with Gasteiger partial charge in [-0.1, -0.05) is 12.8 Å². The van der Waals surface area contributed by atoms with Crippen LogP contribution in [0.5, 0.6) is 0 Å². The Kier molecular flexibility index (Phi) is 2.53. The van der Waals surface area contributed by atoms with Crippen molar-refractivity contribution in [1.29, 1.82) is 0 Å². The zero-order chi connectivity index (χ0) is 12.1. The SMILES string of the molecule is O=C1CCC2C(=CCC3C4CCCC4CCC23)O1. The van der Waals surface area contributed by atoms with Crippen molar-refractivity contribution in [2.45, 2.75) is 51.4 Å². The molecule has 2 saturated carbocycles. The fourth-order valence-corrected chi connectivity index (χ4v) is 5.32. The number of ether oxygens (including phenoxy) is 1. The standard InChI is InChI=1S/C16H22O2/c17-16-9-7-14-13-5-4-10-2-1-3-11(10)12(13)6-8-15(14)18-16/h8,10-14H,1-7,9H2. The summed E-state index contributed by atoms with van der Waals surface area (Å²) in [5.41, 5.74) is 0. The van der Waals surface area contributed by atoms with E-state index in [0.717, 1.165) is 35.9 Å². The van der Waals surface area contributed by atoms with Crippen molar-refractivity contribution in [3.05, 3.63) is 11.8 Å². The Balaban J connectivity index is 1.61. The van der Waals surface area contributed by atoms with E-state index in [1.165, 1.54) is 38.5 Å². The molecule has 18 heavy (non-hydrogen) atoms. The lowest BCUT2D eigenvalue weighted by molar-refractivity contribution is -0.145. The Morgan fingerprint density at radius 1 is 1.00 bits per heavy atom. The van der Waals surface area contributed by atoms with Crippen LogP contribution in [0.3, 0.4) is 0 Å². The largest absolute Gasteiger partial charge is 0.431 e. The predicted octanol–water partition coefficient (Wildman–Crippen LogP) is 3.67. The maximum absolute atomic E-state index is 11.4. The van der Waals surface area contributed by atoms with E-state index in [4.69, 9.17) is 4.74 Å². The average Bonchev–Trinajstić information content (AvgIpc) is 2.86. The first kappa shape index (κ1) is 11.1. The molecule has 98 valence electrons. The van der Waals surface area contributed by atoms with E-state index in [0.29, 0.717) is 12.3 Å². The van der Waals surface area contributed by atoms with Crippen LogP contribution in [0.25, 0.3) is 0 Å². The van der Waals surface area contributed by atoms with Crippen LogP contribution >= 0.6 is 0 Å². The van der Waals surface area contributed by atoms with Crippen LogP contribution in [-0.4, -0.2) is 5.97 Å². The molecule has 3 aliphatic carbocycles. The monoisotopic (exact) mass is 246 g/mol. The summed E-state index contributed by atoms with van der Waals surface area (Å²) in [4.78, 5) is 11.4. The van der Waals surface area contributed by atoms with Gasteiger partial charge in [0.05, 0.1) is 0 Å². The normalized spacial score (nSPS) is 46.6. The van der Waals surface area contributed by atoms with E-state index < -0.39 is 0 Å². The summed E-state index contributed by atoms with van der Waals surface area (Å²) in [6.07, 6.45) is 12.3. The van der Waals surface area contributed by atoms with Gasteiger partial charge in [-0.25, -0.2) is 0 Å². The molecular formula is C16H22O2. The van der Waals surface area contributed by atoms with Crippen molar-refractivity contribution >= 4 is 5.97 Å². The Bertz CT molecular complexity index is 398. The molecule has 0 N–H and O–H groups in total. The molecule has 0 aromatic rings. The number of rotatable bonds is 0. The van der Waals surface area contributed by atoms with Gasteiger partial charge in [0.2, 0.25) is 0 Å². The minimum absolute atomic E-state index is 0.00879. The van der Waals surface area contributed by atoms with Crippen LogP contribution in [0, 0.1) is 29.6 Å². The summed E-state index contributed by atoms with van der Waals surface area (Å²) in [6.45, 7) is 0. The first-order valence-corrected chi connectivity index (χ1v) is 7.73. The minimum atomic E-state index is -0.00879. The van der Waals surface area contributed by atoms with Gasteiger partial charge in [0.15, 0.2) is 0 Å². The van der Waals surface area contributed by atoms with Gasteiger partial charge in [-0.15, -0.1) is 0 Å². The fraction of sp³-hybridized carbons (Fsp3) is 0.812. The Hall–Kier alpha value is -0.790. The number of allylic oxidation sites excluding steroid dienone is 2. The quantitative estimate of drug-likeness (QED) is 0.610. The zero-order valence-electron chi connectivity index (χ0n) is 10.9. The third-order valence-corrected chi connectivity index (χ3v) is 6.05. The first-order valence-electron chi connectivity index (χ1n) is 7.73. The summed E-state index contributed by atoms with van der Waals surface area (Å²) in [7, 11) is 0. The summed E-state index contributed by atoms with van der Waals surface area (Å²) in [5, 5.41) is 0. The lowest BCUT2D eigenvalue weighted by Crippen LogP contribution is -2.41. The van der Waals surface area contributed by atoms with Gasteiger partial charge in [-0.3, -0.25) is 4.79 Å². The molecule has 2 heteroatoms. The van der Waals surface area contributed by atoms with E-state index in [1.54, 1.807) is 0 Å². The average molecular weight is 246 g/mol. The van der Waals surface area contributed by atoms with Crippen LogP contribution in [0.4, 0.5) is 0 Å². The summed E-state index contributed by atoms with van der Waals surface area (Å²) < 4.78 is 5.47. The maximum Gasteiger partial charge on any atom is 0.310 e. The number of fused-ring (bicyclic) bond motifs is 5. The fourth-order valence-electron chi connectivity index (χ4n) is 5.32. The molecule has 5 atom stereocenters. The van der Waals surface area contributed by atoms with Gasteiger partial charge in [0, 0.05) is 12.3 Å². The van der Waals surface area contributed by atoms with Crippen LogP contribution < -0.4 is 0 Å². The highest BCUT2D eigenvalue weighted by Crippen LogP contribution is 2.55. The molecule has 1 saturated heterocycles. The minimum Gasteiger partial charge on any atom is -0.431 e. The molecule has 0 spiro atoms. The number of esters is 1. The van der Waals surface area contributed by atoms with Crippen molar-refractivity contribution in [2.75, 3.05) is 0 Å². The van der Waals surface area contributed by atoms with E-state index in [-0.39, 0.29) is 5.97 Å². The molecule has 2 nitrogen and oxygen atoms in total. The van der Waals surface area contributed by atoms with Gasteiger partial charge in [-0.2, -0.15) is 0 Å². The summed E-state index contributed by atoms with van der Waals surface area (Å²) in [5.74, 6) is 5.32. The second-order valence-electron chi connectivity index (χ2n) is 6.72. The van der Waals surface area contributed by atoms with Crippen molar-refractivity contribution in [3.8, 4) is 0 Å². The second kappa shape index (κ2) is 4.11. The van der Waals surface area contributed by atoms with Crippen LogP contribution in [0.2, 0.25) is 0 Å². The molecular weight excluding hydrogens is 224 g/mol. The molecule has 5 unspecified atom stereocenters. The zero-order valence-corrected chi connectivity index (χ0v) is 10.9. The second-order valence-corrected chi connectivity index (χ2v) is 6.72. The highest BCUT2D eigenvalue weighted by Gasteiger charge is 2.47. The van der Waals surface area contributed by atoms with Gasteiger partial charge in [0.1, 0.15) is 5.76 Å². The van der Waals surface area contributed by atoms with Gasteiger partial charge >= 0.3 is 5.97 Å². The van der Waals surface area contributed by atoms with E-state index in [1.807, 2.05) is 0 Å². The number of hydrogen-bond acceptors (Lipinski definition) is 2. The molecule has 4 rings (SSSR count). The van der Waals surface area contributed by atoms with Crippen LogP contribution in [0.15, 0.2) is 11.8 Å². The van der Waals surface area contributed by atoms with Crippen LogP contribution in [-0.2, 0) is 9.53 Å². The highest BCUT2D eigenvalue weighted by atomic mass is 16.5. The number of hydrogen-bond donors (Lipinski definition) is 0. The molecule has 0 radical (unpaired) electrons. The molecule has 0 aromatic heterocycles. The van der Waals surface area contributed by atoms with Crippen molar-refractivity contribution in [1.82, 2.24) is 0 Å². The highest BCUT2D eigenvalue weighted by molar-refractivity contribution is 5.71. The third-order valence-electron chi connectivity index (χ3n) is 6.05. The number of carbonyl (C=O) groups excluding carboxylic acids is 1. The van der Waals surface area contributed by atoms with Gasteiger partial charge in [-0.05, 0) is 61.9 Å². The smallest absolute Gasteiger partial charge is 0.310 e.